The predicted octanol–water partition coefficient (Wildman–Crippen LogP) is 1.70. The minimum Gasteiger partial charge on any atom is -0.480 e. The molecule has 128 valence electrons. The number of ether oxygens (including phenoxy) is 1. The van der Waals surface area contributed by atoms with Gasteiger partial charge in [0.1, 0.15) is 6.04 Å². The fourth-order valence-corrected chi connectivity index (χ4v) is 3.50. The van der Waals surface area contributed by atoms with Crippen LogP contribution in [-0.4, -0.2) is 38.1 Å². The third-order valence-electron chi connectivity index (χ3n) is 3.16. The number of benzene rings is 1. The largest absolute Gasteiger partial charge is 0.480 e. The van der Waals surface area contributed by atoms with Crippen molar-refractivity contribution in [3.8, 4) is 0 Å². The molecule has 0 spiro atoms. The summed E-state index contributed by atoms with van der Waals surface area (Å²) in [5.74, 6) is -1.87. The Bertz CT molecular complexity index is 683. The molecule has 0 saturated heterocycles. The molecule has 8 heteroatoms. The molecular weight excluding hydrogens is 322 g/mol. The molecule has 7 nitrogen and oxygen atoms in total. The Balaban J connectivity index is 3.19. The number of aliphatic carboxylic acids is 1. The zero-order valence-corrected chi connectivity index (χ0v) is 14.1. The van der Waals surface area contributed by atoms with Crippen LogP contribution in [0.3, 0.4) is 0 Å². The zero-order valence-electron chi connectivity index (χ0n) is 13.3. The molecule has 0 aromatic heterocycles. The second kappa shape index (κ2) is 8.07. The number of carbonyl (C=O) groups excluding carboxylic acids is 1. The highest BCUT2D eigenvalue weighted by Gasteiger charge is 2.26. The van der Waals surface area contributed by atoms with Crippen LogP contribution in [0.5, 0.6) is 0 Å². The molecule has 0 heterocycles. The number of aryl methyl sites for hydroxylation is 1. The molecule has 0 saturated carbocycles. The fourth-order valence-electron chi connectivity index (χ4n) is 2.00. The van der Waals surface area contributed by atoms with Crippen molar-refractivity contribution in [2.75, 3.05) is 6.61 Å². The van der Waals surface area contributed by atoms with Gasteiger partial charge >= 0.3 is 11.9 Å². The first-order valence-corrected chi connectivity index (χ1v) is 8.74. The molecule has 0 amide bonds. The number of sulfonamides is 1. The fraction of sp³-hybridized carbons (Fsp3) is 0.467. The van der Waals surface area contributed by atoms with Gasteiger partial charge in [-0.05, 0) is 38.0 Å². The quantitative estimate of drug-likeness (QED) is 0.695. The van der Waals surface area contributed by atoms with Gasteiger partial charge < -0.3 is 9.84 Å². The Kier molecular flexibility index (Phi) is 6.71. The molecule has 1 aromatic carbocycles. The van der Waals surface area contributed by atoms with Crippen LogP contribution in [0.1, 0.15) is 42.6 Å². The van der Waals surface area contributed by atoms with E-state index in [4.69, 9.17) is 9.84 Å². The summed E-state index contributed by atoms with van der Waals surface area (Å²) in [6.07, 6.45) is 0.687. The molecule has 0 fully saturated rings. The van der Waals surface area contributed by atoms with Gasteiger partial charge in [0.2, 0.25) is 10.0 Å². The van der Waals surface area contributed by atoms with Gasteiger partial charge in [-0.15, -0.1) is 0 Å². The lowest BCUT2D eigenvalue weighted by molar-refractivity contribution is -0.139. The molecule has 0 aliphatic rings. The summed E-state index contributed by atoms with van der Waals surface area (Å²) in [6, 6.07) is 2.93. The highest BCUT2D eigenvalue weighted by Crippen LogP contribution is 2.18. The van der Waals surface area contributed by atoms with E-state index in [1.807, 2.05) is 0 Å². The van der Waals surface area contributed by atoms with E-state index in [-0.39, 0.29) is 23.5 Å². The van der Waals surface area contributed by atoms with Crippen molar-refractivity contribution >= 4 is 22.0 Å². The van der Waals surface area contributed by atoms with Crippen LogP contribution in [0.25, 0.3) is 0 Å². The molecule has 0 aliphatic heterocycles. The summed E-state index contributed by atoms with van der Waals surface area (Å²) in [5, 5.41) is 9.10. The maximum absolute atomic E-state index is 12.4. The van der Waals surface area contributed by atoms with E-state index >= 15 is 0 Å². The number of carboxylic acid groups (broad SMARTS) is 1. The zero-order chi connectivity index (χ0) is 17.6. The van der Waals surface area contributed by atoms with Gasteiger partial charge in [0.25, 0.3) is 0 Å². The smallest absolute Gasteiger partial charge is 0.338 e. The molecule has 23 heavy (non-hydrogen) atoms. The summed E-state index contributed by atoms with van der Waals surface area (Å²) in [7, 11) is -4.07. The first-order valence-electron chi connectivity index (χ1n) is 7.25. The van der Waals surface area contributed by atoms with Gasteiger partial charge in [-0.1, -0.05) is 19.4 Å². The predicted molar refractivity (Wildman–Crippen MR) is 83.8 cm³/mol. The average Bonchev–Trinajstić information content (AvgIpc) is 2.47. The third-order valence-corrected chi connectivity index (χ3v) is 4.78. The minimum atomic E-state index is -4.07. The summed E-state index contributed by atoms with van der Waals surface area (Å²) in [4.78, 5) is 22.7. The Morgan fingerprint density at radius 1 is 1.30 bits per heavy atom. The van der Waals surface area contributed by atoms with E-state index in [0.717, 1.165) is 0 Å². The lowest BCUT2D eigenvalue weighted by Crippen LogP contribution is -2.40. The van der Waals surface area contributed by atoms with Crippen molar-refractivity contribution in [3.05, 3.63) is 29.3 Å². The normalized spacial score (nSPS) is 12.7. The van der Waals surface area contributed by atoms with Gasteiger partial charge in [-0.3, -0.25) is 4.79 Å². The van der Waals surface area contributed by atoms with Crippen molar-refractivity contribution in [2.24, 2.45) is 0 Å². The number of nitrogens with one attached hydrogen (secondary N) is 1. The molecule has 0 bridgehead atoms. The molecule has 1 rings (SSSR count). The minimum absolute atomic E-state index is 0.0974. The van der Waals surface area contributed by atoms with E-state index in [0.29, 0.717) is 12.0 Å². The van der Waals surface area contributed by atoms with E-state index in [1.54, 1.807) is 20.8 Å². The van der Waals surface area contributed by atoms with Crippen molar-refractivity contribution in [3.63, 3.8) is 0 Å². The van der Waals surface area contributed by atoms with E-state index in [9.17, 15) is 18.0 Å². The maximum Gasteiger partial charge on any atom is 0.338 e. The van der Waals surface area contributed by atoms with E-state index < -0.39 is 28.0 Å². The molecule has 2 N–H and O–H groups in total. The molecule has 1 atom stereocenters. The van der Waals surface area contributed by atoms with E-state index in [2.05, 4.69) is 4.72 Å². The second-order valence-electron chi connectivity index (χ2n) is 5.00. The Morgan fingerprint density at radius 2 is 1.96 bits per heavy atom. The monoisotopic (exact) mass is 343 g/mol. The van der Waals surface area contributed by atoms with Crippen molar-refractivity contribution in [1.29, 1.82) is 0 Å². The van der Waals surface area contributed by atoms with Gasteiger partial charge in [-0.2, -0.15) is 4.72 Å². The van der Waals surface area contributed by atoms with Crippen LogP contribution in [0, 0.1) is 6.92 Å². The molecule has 1 aromatic rings. The number of esters is 1. The number of hydrogen-bond donors (Lipinski definition) is 2. The first-order chi connectivity index (χ1) is 10.7. The van der Waals surface area contributed by atoms with Crippen LogP contribution in [0.4, 0.5) is 0 Å². The molecular formula is C15H21NO6S. The number of carboxylic acids is 1. The average molecular weight is 343 g/mol. The van der Waals surface area contributed by atoms with Crippen molar-refractivity contribution < 1.29 is 27.9 Å². The Labute approximate surface area is 135 Å². The van der Waals surface area contributed by atoms with Crippen LogP contribution >= 0.6 is 0 Å². The lowest BCUT2D eigenvalue weighted by Gasteiger charge is -2.15. The summed E-state index contributed by atoms with van der Waals surface area (Å²) in [6.45, 7) is 5.15. The number of carbonyl (C=O) groups is 2. The molecule has 0 aliphatic carbocycles. The van der Waals surface area contributed by atoms with Crippen LogP contribution in [0.2, 0.25) is 0 Å². The highest BCUT2D eigenvalue weighted by atomic mass is 32.2. The third kappa shape index (κ3) is 5.04. The Morgan fingerprint density at radius 3 is 2.48 bits per heavy atom. The lowest BCUT2D eigenvalue weighted by atomic mass is 10.1. The maximum atomic E-state index is 12.4. The first kappa shape index (κ1) is 19.1. The number of rotatable bonds is 8. The standard InChI is InChI=1S/C15H21NO6S/c1-4-6-12(14(17)18)16-23(20,21)13-9-11(8-7-10(13)3)15(19)22-5-2/h7-9,12,16H,4-6H2,1-3H3,(H,17,18). The van der Waals surface area contributed by atoms with Gasteiger partial charge in [-0.25, -0.2) is 13.2 Å². The topological polar surface area (TPSA) is 110 Å². The summed E-state index contributed by atoms with van der Waals surface area (Å²) in [5.41, 5.74) is 0.506. The summed E-state index contributed by atoms with van der Waals surface area (Å²) >= 11 is 0. The van der Waals surface area contributed by atoms with Crippen LogP contribution < -0.4 is 4.72 Å². The Hall–Kier alpha value is -1.93. The number of hydrogen-bond acceptors (Lipinski definition) is 5. The summed E-state index contributed by atoms with van der Waals surface area (Å²) < 4.78 is 31.9. The molecule has 0 radical (unpaired) electrons. The second-order valence-corrected chi connectivity index (χ2v) is 6.68. The van der Waals surface area contributed by atoms with Gasteiger partial charge in [0.15, 0.2) is 0 Å². The SMILES string of the molecule is CCCC(NS(=O)(=O)c1cc(C(=O)OCC)ccc1C)C(=O)O. The van der Waals surface area contributed by atoms with Gasteiger partial charge in [0.05, 0.1) is 17.1 Å². The van der Waals surface area contributed by atoms with Crippen LogP contribution in [0.15, 0.2) is 23.1 Å². The molecule has 1 unspecified atom stereocenters. The van der Waals surface area contributed by atoms with Crippen molar-refractivity contribution in [2.45, 2.75) is 44.6 Å². The van der Waals surface area contributed by atoms with Crippen LogP contribution in [-0.2, 0) is 19.6 Å². The van der Waals surface area contributed by atoms with E-state index in [1.165, 1.54) is 18.2 Å². The highest BCUT2D eigenvalue weighted by molar-refractivity contribution is 7.89. The van der Waals surface area contributed by atoms with Gasteiger partial charge in [0, 0.05) is 0 Å². The van der Waals surface area contributed by atoms with Crippen molar-refractivity contribution in [1.82, 2.24) is 4.72 Å².